The van der Waals surface area contributed by atoms with Gasteiger partial charge in [0.25, 0.3) is 0 Å². The number of pyridine rings is 1. The quantitative estimate of drug-likeness (QED) is 0.892. The Labute approximate surface area is 113 Å². The van der Waals surface area contributed by atoms with Crippen molar-refractivity contribution >= 4 is 11.5 Å². The average molecular weight is 251 g/mol. The van der Waals surface area contributed by atoms with Crippen LogP contribution in [-0.2, 0) is 0 Å². The lowest BCUT2D eigenvalue weighted by Crippen LogP contribution is -2.02. The third-order valence-corrected chi connectivity index (χ3v) is 3.04. The standard InChI is InChI=1S/C16H17N3/c1-11(2)14-8-4-6-12(3)16(14)19-15-9-5-7-13(10-17)18-15/h4-9,11H,1-3H3,(H,18,19). The van der Waals surface area contributed by atoms with Crippen molar-refractivity contribution in [1.82, 2.24) is 4.98 Å². The van der Waals surface area contributed by atoms with E-state index in [2.05, 4.69) is 55.3 Å². The lowest BCUT2D eigenvalue weighted by molar-refractivity contribution is 0.867. The topological polar surface area (TPSA) is 48.7 Å². The van der Waals surface area contributed by atoms with E-state index in [0.29, 0.717) is 17.4 Å². The molecule has 19 heavy (non-hydrogen) atoms. The molecule has 3 nitrogen and oxygen atoms in total. The molecule has 2 aromatic rings. The highest BCUT2D eigenvalue weighted by atomic mass is 15.0. The maximum atomic E-state index is 8.89. The summed E-state index contributed by atoms with van der Waals surface area (Å²) in [6.45, 7) is 6.40. The van der Waals surface area contributed by atoms with Crippen LogP contribution in [0, 0.1) is 18.3 Å². The van der Waals surface area contributed by atoms with Gasteiger partial charge in [-0.25, -0.2) is 4.98 Å². The molecule has 0 aliphatic rings. The lowest BCUT2D eigenvalue weighted by atomic mass is 9.98. The molecule has 0 fully saturated rings. The number of hydrogen-bond acceptors (Lipinski definition) is 3. The molecule has 1 N–H and O–H groups in total. The Balaban J connectivity index is 2.40. The van der Waals surface area contributed by atoms with E-state index < -0.39 is 0 Å². The van der Waals surface area contributed by atoms with E-state index in [4.69, 9.17) is 5.26 Å². The molecule has 1 aromatic heterocycles. The van der Waals surface area contributed by atoms with Crippen LogP contribution in [0.3, 0.4) is 0 Å². The number of rotatable bonds is 3. The van der Waals surface area contributed by atoms with Gasteiger partial charge in [0, 0.05) is 5.69 Å². The Bertz CT molecular complexity index is 624. The molecular formula is C16H17N3. The Morgan fingerprint density at radius 3 is 2.58 bits per heavy atom. The minimum atomic E-state index is 0.421. The second-order valence-corrected chi connectivity index (χ2v) is 4.84. The zero-order valence-corrected chi connectivity index (χ0v) is 11.4. The summed E-state index contributed by atoms with van der Waals surface area (Å²) in [5, 5.41) is 12.2. The number of hydrogen-bond donors (Lipinski definition) is 1. The van der Waals surface area contributed by atoms with E-state index in [-0.39, 0.29) is 0 Å². The first-order valence-electron chi connectivity index (χ1n) is 6.35. The molecule has 3 heteroatoms. The van der Waals surface area contributed by atoms with Crippen LogP contribution >= 0.6 is 0 Å². The maximum Gasteiger partial charge on any atom is 0.142 e. The zero-order valence-electron chi connectivity index (χ0n) is 11.4. The van der Waals surface area contributed by atoms with Crippen LogP contribution in [0.5, 0.6) is 0 Å². The molecule has 0 aliphatic heterocycles. The molecule has 0 bridgehead atoms. The summed E-state index contributed by atoms with van der Waals surface area (Å²) in [5.74, 6) is 1.14. The van der Waals surface area contributed by atoms with E-state index in [1.165, 1.54) is 11.1 Å². The van der Waals surface area contributed by atoms with E-state index in [9.17, 15) is 0 Å². The van der Waals surface area contributed by atoms with Gasteiger partial charge in [0.05, 0.1) is 0 Å². The van der Waals surface area contributed by atoms with Gasteiger partial charge >= 0.3 is 0 Å². The van der Waals surface area contributed by atoms with Gasteiger partial charge in [0.15, 0.2) is 0 Å². The minimum Gasteiger partial charge on any atom is -0.340 e. The van der Waals surface area contributed by atoms with E-state index in [1.807, 2.05) is 12.1 Å². The molecule has 0 spiro atoms. The smallest absolute Gasteiger partial charge is 0.142 e. The first-order valence-corrected chi connectivity index (χ1v) is 6.35. The van der Waals surface area contributed by atoms with Gasteiger partial charge in [-0.1, -0.05) is 38.1 Å². The highest BCUT2D eigenvalue weighted by Gasteiger charge is 2.09. The molecule has 1 aromatic carbocycles. The van der Waals surface area contributed by atoms with Crippen molar-refractivity contribution < 1.29 is 0 Å². The number of para-hydroxylation sites is 1. The van der Waals surface area contributed by atoms with Crippen LogP contribution in [-0.4, -0.2) is 4.98 Å². The first kappa shape index (κ1) is 13.1. The van der Waals surface area contributed by atoms with Gasteiger partial charge < -0.3 is 5.32 Å². The fourth-order valence-electron chi connectivity index (χ4n) is 2.04. The van der Waals surface area contributed by atoms with Crippen LogP contribution < -0.4 is 5.32 Å². The van der Waals surface area contributed by atoms with Crippen LogP contribution in [0.2, 0.25) is 0 Å². The second-order valence-electron chi connectivity index (χ2n) is 4.84. The number of anilines is 2. The van der Waals surface area contributed by atoms with Crippen molar-refractivity contribution in [2.75, 3.05) is 5.32 Å². The highest BCUT2D eigenvalue weighted by Crippen LogP contribution is 2.29. The predicted octanol–water partition coefficient (Wildman–Crippen LogP) is 4.13. The predicted molar refractivity (Wildman–Crippen MR) is 77.5 cm³/mol. The zero-order chi connectivity index (χ0) is 13.8. The van der Waals surface area contributed by atoms with Crippen LogP contribution in [0.1, 0.15) is 36.6 Å². The molecule has 0 aliphatic carbocycles. The fourth-order valence-corrected chi connectivity index (χ4v) is 2.04. The Kier molecular flexibility index (Phi) is 3.82. The number of aryl methyl sites for hydroxylation is 1. The van der Waals surface area contributed by atoms with Crippen LogP contribution in [0.25, 0.3) is 0 Å². The number of nitrogens with one attached hydrogen (secondary N) is 1. The van der Waals surface area contributed by atoms with Gasteiger partial charge in [-0.3, -0.25) is 0 Å². The maximum absolute atomic E-state index is 8.89. The Morgan fingerprint density at radius 2 is 1.89 bits per heavy atom. The highest BCUT2D eigenvalue weighted by molar-refractivity contribution is 5.65. The van der Waals surface area contributed by atoms with Crippen molar-refractivity contribution in [3.05, 3.63) is 53.2 Å². The van der Waals surface area contributed by atoms with Crippen LogP contribution in [0.15, 0.2) is 36.4 Å². The van der Waals surface area contributed by atoms with Crippen molar-refractivity contribution in [2.24, 2.45) is 0 Å². The summed E-state index contributed by atoms with van der Waals surface area (Å²) in [6.07, 6.45) is 0. The Morgan fingerprint density at radius 1 is 1.16 bits per heavy atom. The molecule has 0 saturated heterocycles. The molecule has 0 unspecified atom stereocenters. The van der Waals surface area contributed by atoms with Gasteiger partial charge in [-0.15, -0.1) is 0 Å². The molecule has 0 radical (unpaired) electrons. The molecule has 0 amide bonds. The van der Waals surface area contributed by atoms with Crippen molar-refractivity contribution in [2.45, 2.75) is 26.7 Å². The molecule has 96 valence electrons. The second kappa shape index (κ2) is 5.53. The van der Waals surface area contributed by atoms with Gasteiger partial charge in [-0.05, 0) is 36.1 Å². The molecule has 0 atom stereocenters. The number of nitriles is 1. The monoisotopic (exact) mass is 251 g/mol. The SMILES string of the molecule is Cc1cccc(C(C)C)c1Nc1cccc(C#N)n1. The third kappa shape index (κ3) is 2.92. The summed E-state index contributed by atoms with van der Waals surface area (Å²) in [7, 11) is 0. The number of nitrogens with zero attached hydrogens (tertiary/aromatic N) is 2. The van der Waals surface area contributed by atoms with Crippen LogP contribution in [0.4, 0.5) is 11.5 Å². The third-order valence-electron chi connectivity index (χ3n) is 3.04. The molecular weight excluding hydrogens is 234 g/mol. The van der Waals surface area contributed by atoms with Gasteiger partial charge in [0.2, 0.25) is 0 Å². The van der Waals surface area contributed by atoms with Crippen molar-refractivity contribution in [3.63, 3.8) is 0 Å². The average Bonchev–Trinajstić information content (AvgIpc) is 2.41. The van der Waals surface area contributed by atoms with Gasteiger partial charge in [-0.2, -0.15) is 5.26 Å². The van der Waals surface area contributed by atoms with E-state index in [1.54, 1.807) is 6.07 Å². The van der Waals surface area contributed by atoms with Gasteiger partial charge in [0.1, 0.15) is 17.6 Å². The summed E-state index contributed by atoms with van der Waals surface area (Å²) < 4.78 is 0. The van der Waals surface area contributed by atoms with E-state index >= 15 is 0 Å². The molecule has 2 rings (SSSR count). The normalized spacial score (nSPS) is 10.3. The minimum absolute atomic E-state index is 0.421. The lowest BCUT2D eigenvalue weighted by Gasteiger charge is -2.16. The van der Waals surface area contributed by atoms with Crippen molar-refractivity contribution in [1.29, 1.82) is 5.26 Å². The molecule has 0 saturated carbocycles. The summed E-state index contributed by atoms with van der Waals surface area (Å²) >= 11 is 0. The van der Waals surface area contributed by atoms with Crippen molar-refractivity contribution in [3.8, 4) is 6.07 Å². The number of aromatic nitrogens is 1. The molecule has 1 heterocycles. The van der Waals surface area contributed by atoms with E-state index in [0.717, 1.165) is 5.69 Å². The summed E-state index contributed by atoms with van der Waals surface area (Å²) in [4.78, 5) is 4.26. The number of benzene rings is 1. The fraction of sp³-hybridized carbons (Fsp3) is 0.250. The first-order chi connectivity index (χ1) is 9.11. The summed E-state index contributed by atoms with van der Waals surface area (Å²) in [5.41, 5.74) is 3.93. The summed E-state index contributed by atoms with van der Waals surface area (Å²) in [6, 6.07) is 13.7. The largest absolute Gasteiger partial charge is 0.340 e. The Hall–Kier alpha value is -2.34.